The first-order valence-corrected chi connectivity index (χ1v) is 5.65. The lowest BCUT2D eigenvalue weighted by atomic mass is 9.99. The van der Waals surface area contributed by atoms with Gasteiger partial charge in [0.25, 0.3) is 0 Å². The van der Waals surface area contributed by atoms with Crippen molar-refractivity contribution in [3.8, 4) is 5.75 Å². The van der Waals surface area contributed by atoms with Crippen molar-refractivity contribution in [1.82, 2.24) is 0 Å². The van der Waals surface area contributed by atoms with Gasteiger partial charge in [-0.1, -0.05) is 18.2 Å². The maximum atomic E-state index is 9.74. The normalized spacial score (nSPS) is 34.4. The lowest BCUT2D eigenvalue weighted by molar-refractivity contribution is -0.277. The molecule has 6 N–H and O–H groups in total. The molecule has 1 fully saturated rings. The minimum atomic E-state index is -1.43. The van der Waals surface area contributed by atoms with Gasteiger partial charge in [0.2, 0.25) is 6.29 Å². The number of para-hydroxylation sites is 1. The van der Waals surface area contributed by atoms with Crippen molar-refractivity contribution in [1.29, 1.82) is 0 Å². The highest BCUT2D eigenvalue weighted by molar-refractivity contribution is 5.21. The number of hydrogen-bond acceptors (Lipinski definition) is 6. The van der Waals surface area contributed by atoms with Gasteiger partial charge >= 0.3 is 0 Å². The van der Waals surface area contributed by atoms with Crippen molar-refractivity contribution in [3.05, 3.63) is 30.3 Å². The molecule has 2 rings (SSSR count). The molecule has 1 aliphatic rings. The predicted molar refractivity (Wildman–Crippen MR) is 64.5 cm³/mol. The Hall–Kier alpha value is -1.22. The fourth-order valence-corrected chi connectivity index (χ4v) is 1.80. The third-order valence-electron chi connectivity index (χ3n) is 2.84. The van der Waals surface area contributed by atoms with E-state index in [0.29, 0.717) is 5.75 Å². The average Bonchev–Trinajstić information content (AvgIpc) is 2.40. The van der Waals surface area contributed by atoms with Crippen LogP contribution in [-0.4, -0.2) is 63.2 Å². The van der Waals surface area contributed by atoms with Crippen LogP contribution in [-0.2, 0) is 4.74 Å². The topological polar surface area (TPSA) is 131 Å². The highest BCUT2D eigenvalue weighted by Crippen LogP contribution is 2.23. The molecule has 7 heteroatoms. The van der Waals surface area contributed by atoms with Gasteiger partial charge in [-0.2, -0.15) is 0 Å². The Balaban J connectivity index is 0.00000180. The molecule has 0 amide bonds. The molecule has 0 aliphatic carbocycles. The highest BCUT2D eigenvalue weighted by atomic mass is 16.7. The largest absolute Gasteiger partial charge is 0.462 e. The zero-order valence-corrected chi connectivity index (χ0v) is 10.1. The maximum Gasteiger partial charge on any atom is 0.229 e. The predicted octanol–water partition coefficient (Wildman–Crippen LogP) is -1.96. The summed E-state index contributed by atoms with van der Waals surface area (Å²) in [5.74, 6) is 0.460. The van der Waals surface area contributed by atoms with Crippen molar-refractivity contribution in [2.75, 3.05) is 6.61 Å². The van der Waals surface area contributed by atoms with Crippen LogP contribution < -0.4 is 4.74 Å². The van der Waals surface area contributed by atoms with Crippen molar-refractivity contribution in [3.63, 3.8) is 0 Å². The van der Waals surface area contributed by atoms with Crippen LogP contribution >= 0.6 is 0 Å². The first-order chi connectivity index (χ1) is 8.63. The molecule has 0 aromatic heterocycles. The molecule has 1 aromatic carbocycles. The summed E-state index contributed by atoms with van der Waals surface area (Å²) in [4.78, 5) is 0. The first kappa shape index (κ1) is 15.8. The van der Waals surface area contributed by atoms with Crippen LogP contribution in [0.3, 0.4) is 0 Å². The number of aliphatic hydroxyl groups is 4. The van der Waals surface area contributed by atoms with Crippen LogP contribution in [0, 0.1) is 0 Å². The van der Waals surface area contributed by atoms with Crippen LogP contribution in [0.4, 0.5) is 0 Å². The molecule has 108 valence electrons. The van der Waals surface area contributed by atoms with E-state index in [1.54, 1.807) is 30.3 Å². The third-order valence-corrected chi connectivity index (χ3v) is 2.84. The molecular weight excluding hydrogens is 256 g/mol. The van der Waals surface area contributed by atoms with Crippen molar-refractivity contribution in [2.45, 2.75) is 30.7 Å². The van der Waals surface area contributed by atoms with Crippen LogP contribution in [0.25, 0.3) is 0 Å². The Bertz CT molecular complexity index is 370. The molecule has 1 saturated heterocycles. The summed E-state index contributed by atoms with van der Waals surface area (Å²) in [6, 6.07) is 8.64. The van der Waals surface area contributed by atoms with Crippen LogP contribution in [0.1, 0.15) is 0 Å². The van der Waals surface area contributed by atoms with Crippen LogP contribution in [0.2, 0.25) is 0 Å². The fourth-order valence-electron chi connectivity index (χ4n) is 1.80. The van der Waals surface area contributed by atoms with Crippen LogP contribution in [0.5, 0.6) is 5.75 Å². The lowest BCUT2D eigenvalue weighted by Crippen LogP contribution is -2.60. The summed E-state index contributed by atoms with van der Waals surface area (Å²) in [6.45, 7) is -0.473. The molecular formula is C12H18O7. The molecule has 0 bridgehead atoms. The fraction of sp³-hybridized carbons (Fsp3) is 0.500. The number of rotatable bonds is 3. The second kappa shape index (κ2) is 6.80. The van der Waals surface area contributed by atoms with Gasteiger partial charge in [0.1, 0.15) is 30.2 Å². The second-order valence-corrected chi connectivity index (χ2v) is 4.13. The number of benzene rings is 1. The molecule has 1 aromatic rings. The molecule has 1 heterocycles. The minimum Gasteiger partial charge on any atom is -0.462 e. The third kappa shape index (κ3) is 3.41. The number of ether oxygens (including phenoxy) is 2. The SMILES string of the molecule is O.OC[C@H]1O[C@H](Oc2ccccc2)[C@@H](O)[C@@H](O)[C@@H]1O. The molecule has 0 spiro atoms. The standard InChI is InChI=1S/C12H16O6.H2O/c13-6-8-9(14)10(15)11(16)12(18-8)17-7-4-2-1-3-5-7;/h1-5,8-16H,6H2;1H2/t8-,9-,10+,11+,12+;/m1./s1. The van der Waals surface area contributed by atoms with Gasteiger partial charge in [0.15, 0.2) is 0 Å². The van der Waals surface area contributed by atoms with E-state index in [4.69, 9.17) is 14.6 Å². The molecule has 0 radical (unpaired) electrons. The Morgan fingerprint density at radius 2 is 1.63 bits per heavy atom. The van der Waals surface area contributed by atoms with Crippen molar-refractivity contribution >= 4 is 0 Å². The number of hydrogen-bond donors (Lipinski definition) is 4. The summed E-state index contributed by atoms with van der Waals surface area (Å²) in [5, 5.41) is 37.9. The van der Waals surface area contributed by atoms with E-state index in [2.05, 4.69) is 0 Å². The monoisotopic (exact) mass is 274 g/mol. The molecule has 1 aliphatic heterocycles. The quantitative estimate of drug-likeness (QED) is 0.506. The summed E-state index contributed by atoms with van der Waals surface area (Å²) in [6.07, 6.45) is -6.28. The highest BCUT2D eigenvalue weighted by Gasteiger charge is 2.44. The van der Waals surface area contributed by atoms with E-state index < -0.39 is 37.3 Å². The Kier molecular flexibility index (Phi) is 5.67. The van der Waals surface area contributed by atoms with E-state index in [1.807, 2.05) is 0 Å². The molecule has 0 saturated carbocycles. The zero-order valence-electron chi connectivity index (χ0n) is 10.1. The van der Waals surface area contributed by atoms with Crippen molar-refractivity contribution in [2.24, 2.45) is 0 Å². The first-order valence-electron chi connectivity index (χ1n) is 5.65. The number of aliphatic hydroxyl groups excluding tert-OH is 4. The van der Waals surface area contributed by atoms with Gasteiger partial charge < -0.3 is 35.4 Å². The lowest BCUT2D eigenvalue weighted by Gasteiger charge is -2.39. The second-order valence-electron chi connectivity index (χ2n) is 4.13. The molecule has 19 heavy (non-hydrogen) atoms. The van der Waals surface area contributed by atoms with E-state index in [1.165, 1.54) is 0 Å². The van der Waals surface area contributed by atoms with E-state index in [-0.39, 0.29) is 5.48 Å². The van der Waals surface area contributed by atoms with Gasteiger partial charge in [-0.3, -0.25) is 0 Å². The van der Waals surface area contributed by atoms with E-state index in [9.17, 15) is 15.3 Å². The summed E-state index contributed by atoms with van der Waals surface area (Å²) in [7, 11) is 0. The summed E-state index contributed by atoms with van der Waals surface area (Å²) < 4.78 is 10.6. The Morgan fingerprint density at radius 3 is 2.21 bits per heavy atom. The average molecular weight is 274 g/mol. The van der Waals surface area contributed by atoms with Gasteiger partial charge in [0.05, 0.1) is 6.61 Å². The molecule has 5 atom stereocenters. The summed E-state index contributed by atoms with van der Waals surface area (Å²) >= 11 is 0. The smallest absolute Gasteiger partial charge is 0.229 e. The maximum absolute atomic E-state index is 9.74. The molecule has 7 nitrogen and oxygen atoms in total. The minimum absolute atomic E-state index is 0. The van der Waals surface area contributed by atoms with Crippen molar-refractivity contribution < 1.29 is 35.4 Å². The zero-order chi connectivity index (χ0) is 13.1. The Morgan fingerprint density at radius 1 is 1.00 bits per heavy atom. The van der Waals surface area contributed by atoms with Gasteiger partial charge in [0, 0.05) is 0 Å². The van der Waals surface area contributed by atoms with Gasteiger partial charge in [-0.05, 0) is 12.1 Å². The van der Waals surface area contributed by atoms with E-state index in [0.717, 1.165) is 0 Å². The Labute approximate surface area is 110 Å². The summed E-state index contributed by atoms with van der Waals surface area (Å²) in [5.41, 5.74) is 0. The van der Waals surface area contributed by atoms with Gasteiger partial charge in [-0.15, -0.1) is 0 Å². The molecule has 0 unspecified atom stereocenters. The van der Waals surface area contributed by atoms with E-state index >= 15 is 0 Å². The van der Waals surface area contributed by atoms with Gasteiger partial charge in [-0.25, -0.2) is 0 Å². The van der Waals surface area contributed by atoms with Crippen LogP contribution in [0.15, 0.2) is 30.3 Å².